The number of nitrogens with zero attached hydrogens (tertiary/aromatic N) is 1. The molecule has 112 valence electrons. The zero-order valence-corrected chi connectivity index (χ0v) is 12.3. The van der Waals surface area contributed by atoms with E-state index in [1.807, 2.05) is 0 Å². The van der Waals surface area contributed by atoms with Gasteiger partial charge in [-0.25, -0.2) is 4.79 Å². The van der Waals surface area contributed by atoms with Crippen LogP contribution in [-0.2, 0) is 11.3 Å². The van der Waals surface area contributed by atoms with E-state index in [0.717, 1.165) is 18.4 Å². The van der Waals surface area contributed by atoms with Gasteiger partial charge in [-0.15, -0.1) is 0 Å². The molecule has 2 rings (SSSR count). The van der Waals surface area contributed by atoms with Crippen LogP contribution in [0.4, 0.5) is 0 Å². The van der Waals surface area contributed by atoms with Crippen LogP contribution in [0.3, 0.4) is 0 Å². The first-order chi connectivity index (χ1) is 10.1. The molecule has 0 saturated carbocycles. The van der Waals surface area contributed by atoms with Crippen molar-refractivity contribution < 1.29 is 14.7 Å². The van der Waals surface area contributed by atoms with Gasteiger partial charge in [0, 0.05) is 20.0 Å². The number of carbonyl (C=O) groups is 2. The highest BCUT2D eigenvalue weighted by Gasteiger charge is 2.13. The fraction of sp³-hybridized carbons (Fsp3) is 0.412. The van der Waals surface area contributed by atoms with Gasteiger partial charge in [-0.1, -0.05) is 23.8 Å². The van der Waals surface area contributed by atoms with Crippen LogP contribution in [0.5, 0.6) is 0 Å². The minimum absolute atomic E-state index is 0.116. The zero-order chi connectivity index (χ0) is 15.2. The molecule has 1 amide bonds. The highest BCUT2D eigenvalue weighted by atomic mass is 16.4. The third-order valence-electron chi connectivity index (χ3n) is 3.81. The van der Waals surface area contributed by atoms with Gasteiger partial charge in [0.2, 0.25) is 5.91 Å². The average Bonchev–Trinajstić information content (AvgIpc) is 2.48. The first-order valence-electron chi connectivity index (χ1n) is 7.30. The highest BCUT2D eigenvalue weighted by Crippen LogP contribution is 2.21. The molecule has 0 unspecified atom stereocenters. The van der Waals surface area contributed by atoms with Crippen LogP contribution in [0.15, 0.2) is 35.9 Å². The van der Waals surface area contributed by atoms with Gasteiger partial charge in [-0.3, -0.25) is 4.79 Å². The predicted octanol–water partition coefficient (Wildman–Crippen LogP) is 3.23. The van der Waals surface area contributed by atoms with Crippen molar-refractivity contribution in [1.82, 2.24) is 4.90 Å². The number of hydrogen-bond donors (Lipinski definition) is 1. The first-order valence-corrected chi connectivity index (χ1v) is 7.30. The fourth-order valence-corrected chi connectivity index (χ4v) is 2.51. The lowest BCUT2D eigenvalue weighted by Crippen LogP contribution is -2.26. The Morgan fingerprint density at radius 3 is 2.48 bits per heavy atom. The molecule has 1 aromatic rings. The maximum Gasteiger partial charge on any atom is 0.335 e. The van der Waals surface area contributed by atoms with E-state index in [0.29, 0.717) is 13.0 Å². The van der Waals surface area contributed by atoms with Crippen LogP contribution in [0, 0.1) is 0 Å². The van der Waals surface area contributed by atoms with Crippen molar-refractivity contribution in [3.8, 4) is 0 Å². The largest absolute Gasteiger partial charge is 0.478 e. The molecule has 1 aliphatic rings. The van der Waals surface area contributed by atoms with E-state index in [9.17, 15) is 9.59 Å². The number of carboxylic acids is 1. The summed E-state index contributed by atoms with van der Waals surface area (Å²) in [4.78, 5) is 24.7. The van der Waals surface area contributed by atoms with E-state index in [-0.39, 0.29) is 11.5 Å². The number of benzene rings is 1. The minimum Gasteiger partial charge on any atom is -0.478 e. The molecular weight excluding hydrogens is 266 g/mol. The van der Waals surface area contributed by atoms with Gasteiger partial charge in [0.15, 0.2) is 0 Å². The van der Waals surface area contributed by atoms with E-state index >= 15 is 0 Å². The molecule has 1 aromatic carbocycles. The van der Waals surface area contributed by atoms with Gasteiger partial charge in [-0.05, 0) is 43.4 Å². The second-order valence-corrected chi connectivity index (χ2v) is 5.54. The summed E-state index contributed by atoms with van der Waals surface area (Å²) in [6.45, 7) is 0.506. The van der Waals surface area contributed by atoms with Crippen LogP contribution < -0.4 is 0 Å². The zero-order valence-electron chi connectivity index (χ0n) is 12.3. The summed E-state index contributed by atoms with van der Waals surface area (Å²) in [5.74, 6) is -0.819. The van der Waals surface area contributed by atoms with Gasteiger partial charge in [0.25, 0.3) is 0 Å². The maximum absolute atomic E-state index is 12.2. The summed E-state index contributed by atoms with van der Waals surface area (Å²) in [7, 11) is 1.79. The summed E-state index contributed by atoms with van der Waals surface area (Å²) in [5, 5.41) is 8.86. The van der Waals surface area contributed by atoms with E-state index in [1.165, 1.54) is 18.4 Å². The molecule has 0 aliphatic heterocycles. The Morgan fingerprint density at radius 1 is 1.19 bits per heavy atom. The molecule has 0 aromatic heterocycles. The van der Waals surface area contributed by atoms with Gasteiger partial charge in [0.1, 0.15) is 0 Å². The summed E-state index contributed by atoms with van der Waals surface area (Å²) < 4.78 is 0. The van der Waals surface area contributed by atoms with Crippen molar-refractivity contribution in [2.75, 3.05) is 7.05 Å². The molecule has 0 saturated heterocycles. The molecule has 1 aliphatic carbocycles. The Kier molecular flexibility index (Phi) is 5.14. The lowest BCUT2D eigenvalue weighted by Gasteiger charge is -2.19. The molecule has 21 heavy (non-hydrogen) atoms. The lowest BCUT2D eigenvalue weighted by atomic mass is 9.97. The Hall–Kier alpha value is -2.10. The van der Waals surface area contributed by atoms with Crippen LogP contribution in [0.2, 0.25) is 0 Å². The summed E-state index contributed by atoms with van der Waals surface area (Å²) in [5.41, 5.74) is 2.45. The van der Waals surface area contributed by atoms with Crippen molar-refractivity contribution in [2.24, 2.45) is 0 Å². The Labute approximate surface area is 125 Å². The topological polar surface area (TPSA) is 57.6 Å². The molecule has 0 atom stereocenters. The number of allylic oxidation sites excluding steroid dienone is 1. The molecule has 0 spiro atoms. The van der Waals surface area contributed by atoms with Crippen LogP contribution in [0.1, 0.15) is 48.0 Å². The third-order valence-corrected chi connectivity index (χ3v) is 3.81. The Balaban J connectivity index is 1.90. The second-order valence-electron chi connectivity index (χ2n) is 5.54. The number of amides is 1. The van der Waals surface area contributed by atoms with Crippen molar-refractivity contribution in [2.45, 2.75) is 38.6 Å². The van der Waals surface area contributed by atoms with E-state index in [1.54, 1.807) is 36.2 Å². The van der Waals surface area contributed by atoms with Crippen molar-refractivity contribution in [1.29, 1.82) is 0 Å². The van der Waals surface area contributed by atoms with Gasteiger partial charge in [-0.2, -0.15) is 0 Å². The SMILES string of the molecule is CN(Cc1ccc(C(=O)O)cc1)C(=O)CC1=CCCCC1. The maximum atomic E-state index is 12.2. The smallest absolute Gasteiger partial charge is 0.335 e. The monoisotopic (exact) mass is 287 g/mol. The second kappa shape index (κ2) is 7.07. The number of carboxylic acid groups (broad SMARTS) is 1. The third kappa shape index (κ3) is 4.45. The molecular formula is C17H21NO3. The standard InChI is InChI=1S/C17H21NO3/c1-18(16(19)11-13-5-3-2-4-6-13)12-14-7-9-15(10-8-14)17(20)21/h5,7-10H,2-4,6,11-12H2,1H3,(H,20,21). The Morgan fingerprint density at radius 2 is 1.90 bits per heavy atom. The molecule has 0 fully saturated rings. The highest BCUT2D eigenvalue weighted by molar-refractivity contribution is 5.87. The number of aromatic carboxylic acids is 1. The fourth-order valence-electron chi connectivity index (χ4n) is 2.51. The Bertz CT molecular complexity index is 546. The van der Waals surface area contributed by atoms with Gasteiger partial charge in [0.05, 0.1) is 5.56 Å². The van der Waals surface area contributed by atoms with Crippen molar-refractivity contribution in [3.05, 3.63) is 47.0 Å². The molecule has 1 N–H and O–H groups in total. The molecule has 0 bridgehead atoms. The van der Waals surface area contributed by atoms with Crippen molar-refractivity contribution >= 4 is 11.9 Å². The van der Waals surface area contributed by atoms with Crippen LogP contribution >= 0.6 is 0 Å². The lowest BCUT2D eigenvalue weighted by molar-refractivity contribution is -0.129. The van der Waals surface area contributed by atoms with E-state index < -0.39 is 5.97 Å². The predicted molar refractivity (Wildman–Crippen MR) is 81.0 cm³/mol. The van der Waals surface area contributed by atoms with Crippen LogP contribution in [0.25, 0.3) is 0 Å². The molecule has 0 radical (unpaired) electrons. The quantitative estimate of drug-likeness (QED) is 0.846. The van der Waals surface area contributed by atoms with E-state index in [4.69, 9.17) is 5.11 Å². The van der Waals surface area contributed by atoms with E-state index in [2.05, 4.69) is 6.08 Å². The molecule has 4 nitrogen and oxygen atoms in total. The number of hydrogen-bond acceptors (Lipinski definition) is 2. The summed E-state index contributed by atoms with van der Waals surface area (Å²) >= 11 is 0. The van der Waals surface area contributed by atoms with Gasteiger partial charge >= 0.3 is 5.97 Å². The summed E-state index contributed by atoms with van der Waals surface area (Å²) in [6, 6.07) is 6.65. The number of rotatable bonds is 5. The molecule has 4 heteroatoms. The minimum atomic E-state index is -0.935. The molecule has 0 heterocycles. The average molecular weight is 287 g/mol. The first kappa shape index (κ1) is 15.3. The summed E-state index contributed by atoms with van der Waals surface area (Å²) in [6.07, 6.45) is 7.22. The van der Waals surface area contributed by atoms with Crippen molar-refractivity contribution in [3.63, 3.8) is 0 Å². The normalized spacial score (nSPS) is 14.4. The van der Waals surface area contributed by atoms with Gasteiger partial charge < -0.3 is 10.0 Å². The van der Waals surface area contributed by atoms with Crippen LogP contribution in [-0.4, -0.2) is 28.9 Å². The number of carbonyl (C=O) groups excluding carboxylic acids is 1.